The molecular weight excluding hydrogens is 352 g/mol. The maximum atomic E-state index is 4.76. The lowest BCUT2D eigenvalue weighted by molar-refractivity contribution is 0.583. The smallest absolute Gasteiger partial charge is 0.229 e. The number of benzene rings is 1. The summed E-state index contributed by atoms with van der Waals surface area (Å²) in [5, 5.41) is 17.4. The van der Waals surface area contributed by atoms with Crippen LogP contribution in [-0.4, -0.2) is 50.9 Å². The van der Waals surface area contributed by atoms with E-state index in [0.717, 1.165) is 55.0 Å². The zero-order valence-electron chi connectivity index (χ0n) is 15.8. The van der Waals surface area contributed by atoms with Gasteiger partial charge in [-0.05, 0) is 25.1 Å². The number of hydrogen-bond donors (Lipinski definition) is 2. The molecule has 4 aromatic rings. The van der Waals surface area contributed by atoms with Crippen LogP contribution >= 0.6 is 0 Å². The highest BCUT2D eigenvalue weighted by Gasteiger charge is 2.13. The van der Waals surface area contributed by atoms with Crippen molar-refractivity contribution >= 4 is 39.4 Å². The molecule has 8 nitrogen and oxygen atoms in total. The zero-order chi connectivity index (χ0) is 18.9. The van der Waals surface area contributed by atoms with Gasteiger partial charge in [0.25, 0.3) is 0 Å². The van der Waals surface area contributed by atoms with Crippen LogP contribution in [0.1, 0.15) is 6.92 Å². The van der Waals surface area contributed by atoms with Crippen LogP contribution < -0.4 is 15.5 Å². The van der Waals surface area contributed by atoms with Crippen molar-refractivity contribution in [3.8, 4) is 0 Å². The second kappa shape index (κ2) is 7.05. The molecule has 1 aliphatic rings. The van der Waals surface area contributed by atoms with Gasteiger partial charge >= 0.3 is 0 Å². The summed E-state index contributed by atoms with van der Waals surface area (Å²) in [4.78, 5) is 11.4. The van der Waals surface area contributed by atoms with E-state index in [1.54, 1.807) is 0 Å². The maximum absolute atomic E-state index is 4.76. The molecule has 1 aliphatic heterocycles. The van der Waals surface area contributed by atoms with Crippen LogP contribution in [0.5, 0.6) is 0 Å². The maximum Gasteiger partial charge on any atom is 0.229 e. The fourth-order valence-corrected chi connectivity index (χ4v) is 3.67. The average Bonchev–Trinajstić information content (AvgIpc) is 3.19. The van der Waals surface area contributed by atoms with E-state index in [4.69, 9.17) is 4.98 Å². The number of nitrogens with zero attached hydrogens (tertiary/aromatic N) is 6. The monoisotopic (exact) mass is 374 g/mol. The average molecular weight is 374 g/mol. The van der Waals surface area contributed by atoms with Gasteiger partial charge in [0.15, 0.2) is 11.6 Å². The van der Waals surface area contributed by atoms with Gasteiger partial charge in [-0.2, -0.15) is 0 Å². The molecule has 2 N–H and O–H groups in total. The molecule has 0 saturated carbocycles. The number of anilines is 3. The molecule has 1 aromatic carbocycles. The Morgan fingerprint density at radius 2 is 1.89 bits per heavy atom. The zero-order valence-corrected chi connectivity index (χ0v) is 15.8. The van der Waals surface area contributed by atoms with E-state index in [-0.39, 0.29) is 0 Å². The third-order valence-electron chi connectivity index (χ3n) is 5.15. The Labute approximate surface area is 162 Å². The van der Waals surface area contributed by atoms with Gasteiger partial charge in [-0.25, -0.2) is 9.97 Å². The van der Waals surface area contributed by atoms with Crippen LogP contribution in [0, 0.1) is 0 Å². The Bertz CT molecular complexity index is 1110. The fraction of sp³-hybridized carbons (Fsp3) is 0.300. The van der Waals surface area contributed by atoms with Gasteiger partial charge in [-0.15, -0.1) is 10.2 Å². The van der Waals surface area contributed by atoms with Crippen molar-refractivity contribution in [1.29, 1.82) is 0 Å². The van der Waals surface area contributed by atoms with Crippen molar-refractivity contribution in [2.24, 2.45) is 0 Å². The summed E-state index contributed by atoms with van der Waals surface area (Å²) >= 11 is 0. The minimum absolute atomic E-state index is 0.521. The fourth-order valence-electron chi connectivity index (χ4n) is 3.67. The van der Waals surface area contributed by atoms with E-state index in [0.29, 0.717) is 11.8 Å². The quantitative estimate of drug-likeness (QED) is 0.568. The molecule has 0 radical (unpaired) electrons. The second-order valence-corrected chi connectivity index (χ2v) is 6.88. The van der Waals surface area contributed by atoms with E-state index < -0.39 is 0 Å². The standard InChI is InChI=1S/C20H22N8/c1-2-27-10-7-14-3-4-15-13-22-20(24-18(15)19(14)27)23-16-5-6-17(26-25-16)28-11-8-21-9-12-28/h3-7,10,13,21H,2,8-9,11-12H2,1H3,(H,22,23,24,25). The normalized spacial score (nSPS) is 14.7. The largest absolute Gasteiger partial charge is 0.353 e. The number of hydrogen-bond acceptors (Lipinski definition) is 7. The van der Waals surface area contributed by atoms with Crippen LogP contribution in [0.2, 0.25) is 0 Å². The van der Waals surface area contributed by atoms with Crippen LogP contribution in [0.15, 0.2) is 42.7 Å². The molecule has 0 aliphatic carbocycles. The Balaban J connectivity index is 1.44. The topological polar surface area (TPSA) is 83.8 Å². The Kier molecular flexibility index (Phi) is 4.25. The minimum Gasteiger partial charge on any atom is -0.353 e. The Morgan fingerprint density at radius 3 is 2.68 bits per heavy atom. The first-order chi connectivity index (χ1) is 13.8. The van der Waals surface area contributed by atoms with Gasteiger partial charge in [0, 0.05) is 55.9 Å². The molecular formula is C20H22N8. The number of nitrogens with one attached hydrogen (secondary N) is 2. The predicted molar refractivity (Wildman–Crippen MR) is 111 cm³/mol. The number of rotatable bonds is 4. The first-order valence-corrected chi connectivity index (χ1v) is 9.63. The van der Waals surface area contributed by atoms with E-state index in [1.807, 2.05) is 18.3 Å². The number of aryl methyl sites for hydroxylation is 1. The summed E-state index contributed by atoms with van der Waals surface area (Å²) in [5.74, 6) is 2.05. The summed E-state index contributed by atoms with van der Waals surface area (Å²) in [5.41, 5.74) is 2.07. The number of aromatic nitrogens is 5. The SMILES string of the molecule is CCn1ccc2ccc3cnc(Nc4ccc(N5CCNCC5)nn4)nc3c21. The lowest BCUT2D eigenvalue weighted by Gasteiger charge is -2.27. The van der Waals surface area contributed by atoms with E-state index >= 15 is 0 Å². The van der Waals surface area contributed by atoms with Gasteiger partial charge in [0.05, 0.1) is 5.52 Å². The highest BCUT2D eigenvalue weighted by Crippen LogP contribution is 2.26. The summed E-state index contributed by atoms with van der Waals surface area (Å²) in [7, 11) is 0. The van der Waals surface area contributed by atoms with Gasteiger partial charge in [0.2, 0.25) is 5.95 Å². The van der Waals surface area contributed by atoms with Crippen molar-refractivity contribution in [1.82, 2.24) is 30.0 Å². The van der Waals surface area contributed by atoms with Crippen LogP contribution in [0.3, 0.4) is 0 Å². The molecule has 1 saturated heterocycles. The van der Waals surface area contributed by atoms with Crippen molar-refractivity contribution in [3.05, 3.63) is 42.7 Å². The van der Waals surface area contributed by atoms with Crippen LogP contribution in [-0.2, 0) is 6.54 Å². The molecule has 0 unspecified atom stereocenters. The van der Waals surface area contributed by atoms with Crippen LogP contribution in [0.25, 0.3) is 21.8 Å². The molecule has 4 heterocycles. The number of piperazine rings is 1. The summed E-state index contributed by atoms with van der Waals surface area (Å²) in [6.07, 6.45) is 3.94. The van der Waals surface area contributed by atoms with Crippen molar-refractivity contribution < 1.29 is 0 Å². The van der Waals surface area contributed by atoms with Crippen molar-refractivity contribution in [3.63, 3.8) is 0 Å². The van der Waals surface area contributed by atoms with Gasteiger partial charge in [0.1, 0.15) is 5.52 Å². The third-order valence-corrected chi connectivity index (χ3v) is 5.15. The lowest BCUT2D eigenvalue weighted by Crippen LogP contribution is -2.43. The highest BCUT2D eigenvalue weighted by molar-refractivity contribution is 6.03. The molecule has 0 amide bonds. The first-order valence-electron chi connectivity index (χ1n) is 9.63. The molecule has 1 fully saturated rings. The third kappa shape index (κ3) is 3.01. The van der Waals surface area contributed by atoms with E-state index in [9.17, 15) is 0 Å². The molecule has 28 heavy (non-hydrogen) atoms. The van der Waals surface area contributed by atoms with Crippen molar-refractivity contribution in [2.45, 2.75) is 13.5 Å². The molecule has 142 valence electrons. The molecule has 5 rings (SSSR count). The minimum atomic E-state index is 0.521. The van der Waals surface area contributed by atoms with E-state index in [1.165, 1.54) is 5.39 Å². The highest BCUT2D eigenvalue weighted by atomic mass is 15.3. The molecule has 0 spiro atoms. The summed E-state index contributed by atoms with van der Waals surface area (Å²) in [6, 6.07) is 10.2. The second-order valence-electron chi connectivity index (χ2n) is 6.88. The van der Waals surface area contributed by atoms with Gasteiger partial charge in [-0.1, -0.05) is 12.1 Å². The summed E-state index contributed by atoms with van der Waals surface area (Å²) < 4.78 is 2.20. The Hall–Kier alpha value is -3.26. The first kappa shape index (κ1) is 16.9. The Morgan fingerprint density at radius 1 is 1.04 bits per heavy atom. The molecule has 0 bridgehead atoms. The van der Waals surface area contributed by atoms with Crippen LogP contribution in [0.4, 0.5) is 17.6 Å². The van der Waals surface area contributed by atoms with Crippen molar-refractivity contribution in [2.75, 3.05) is 36.4 Å². The molecule has 0 atom stereocenters. The molecule has 8 heteroatoms. The van der Waals surface area contributed by atoms with Gasteiger partial charge in [-0.3, -0.25) is 0 Å². The van der Waals surface area contributed by atoms with Gasteiger partial charge < -0.3 is 20.1 Å². The predicted octanol–water partition coefficient (Wildman–Crippen LogP) is 2.55. The van der Waals surface area contributed by atoms with E-state index in [2.05, 4.69) is 66.6 Å². The lowest BCUT2D eigenvalue weighted by atomic mass is 10.2. The summed E-state index contributed by atoms with van der Waals surface area (Å²) in [6.45, 7) is 6.87. The number of fused-ring (bicyclic) bond motifs is 3. The molecule has 3 aromatic heterocycles.